The Balaban J connectivity index is 1.99. The average Bonchev–Trinajstić information content (AvgIpc) is 3.08. The highest BCUT2D eigenvalue weighted by molar-refractivity contribution is 7.14. The molecule has 0 fully saturated rings. The summed E-state index contributed by atoms with van der Waals surface area (Å²) in [7, 11) is 0. The van der Waals surface area contributed by atoms with Gasteiger partial charge in [-0.3, -0.25) is 14.7 Å². The Hall–Kier alpha value is -3.52. The second-order valence-corrected chi connectivity index (χ2v) is 6.76. The zero-order valence-electron chi connectivity index (χ0n) is 13.1. The molecule has 1 aliphatic carbocycles. The lowest BCUT2D eigenvalue weighted by Crippen LogP contribution is -2.17. The molecule has 0 spiro atoms. The first kappa shape index (κ1) is 14.8. The molecule has 26 heavy (non-hydrogen) atoms. The Morgan fingerprint density at radius 2 is 1.62 bits per heavy atom. The SMILES string of the molecule is O=c1c2[nH]n3c(-c4ccccc4O)nnc3sc=2c(=O)c2ccccc12. The number of aromatic nitrogens is 4. The molecule has 1 aromatic heterocycles. The van der Waals surface area contributed by atoms with E-state index in [1.807, 2.05) is 0 Å². The van der Waals surface area contributed by atoms with Crippen LogP contribution in [0.3, 0.4) is 0 Å². The summed E-state index contributed by atoms with van der Waals surface area (Å²) in [6, 6.07) is 13.5. The van der Waals surface area contributed by atoms with E-state index < -0.39 is 0 Å². The van der Waals surface area contributed by atoms with Gasteiger partial charge >= 0.3 is 0 Å². The number of hydrogen-bond donors (Lipinski definition) is 2. The number of phenols is 1. The van der Waals surface area contributed by atoms with Crippen LogP contribution in [-0.2, 0) is 0 Å². The smallest absolute Gasteiger partial charge is 0.232 e. The normalized spacial score (nSPS) is 11.5. The molecule has 8 heteroatoms. The Morgan fingerprint density at radius 3 is 2.38 bits per heavy atom. The fraction of sp³-hybridized carbons (Fsp3) is 0. The zero-order valence-corrected chi connectivity index (χ0v) is 13.9. The molecule has 3 aromatic rings. The van der Waals surface area contributed by atoms with Crippen LogP contribution in [0, 0.1) is 9.88 Å². The molecule has 2 N–H and O–H groups in total. The van der Waals surface area contributed by atoms with Crippen molar-refractivity contribution < 1.29 is 5.11 Å². The predicted octanol–water partition coefficient (Wildman–Crippen LogP) is 2.09. The van der Waals surface area contributed by atoms with E-state index >= 15 is 0 Å². The van der Waals surface area contributed by atoms with Gasteiger partial charge in [0.1, 0.15) is 15.6 Å². The summed E-state index contributed by atoms with van der Waals surface area (Å²) in [5, 5.41) is 22.2. The van der Waals surface area contributed by atoms with Crippen LogP contribution in [0.15, 0.2) is 58.1 Å². The molecule has 0 saturated heterocycles. The Kier molecular flexibility index (Phi) is 2.98. The topological polar surface area (TPSA) is 100 Å². The number of phenolic OH excluding ortho intramolecular Hbond substituents is 1. The lowest BCUT2D eigenvalue weighted by molar-refractivity contribution is 0.476. The predicted molar refractivity (Wildman–Crippen MR) is 97.7 cm³/mol. The minimum atomic E-state index is -0.259. The number of nitrogens with one attached hydrogen (secondary N) is 1. The third-order valence-electron chi connectivity index (χ3n) is 4.27. The van der Waals surface area contributed by atoms with Crippen LogP contribution in [0.4, 0.5) is 0 Å². The van der Waals surface area contributed by atoms with Gasteiger partial charge in [0.25, 0.3) is 0 Å². The number of aromatic hydroxyl groups is 1. The van der Waals surface area contributed by atoms with Gasteiger partial charge in [0.2, 0.25) is 15.8 Å². The minimum Gasteiger partial charge on any atom is -0.507 e. The largest absolute Gasteiger partial charge is 0.507 e. The highest BCUT2D eigenvalue weighted by atomic mass is 32.1. The molecule has 0 bridgehead atoms. The van der Waals surface area contributed by atoms with Crippen LogP contribution in [-0.4, -0.2) is 24.9 Å². The van der Waals surface area contributed by atoms with E-state index in [-0.39, 0.29) is 22.0 Å². The van der Waals surface area contributed by atoms with Gasteiger partial charge in [-0.05, 0) is 12.1 Å². The summed E-state index contributed by atoms with van der Waals surface area (Å²) < 4.78 is 1.81. The summed E-state index contributed by atoms with van der Waals surface area (Å²) in [5.41, 5.74) is -0.00488. The number of fused-ring (bicyclic) bond motifs is 2. The Labute approximate surface area is 148 Å². The first-order valence-corrected chi connectivity index (χ1v) is 8.58. The highest BCUT2D eigenvalue weighted by Crippen LogP contribution is 2.27. The van der Waals surface area contributed by atoms with E-state index in [9.17, 15) is 14.7 Å². The molecule has 2 aromatic carbocycles. The third kappa shape index (κ3) is 1.93. The van der Waals surface area contributed by atoms with Crippen molar-refractivity contribution in [3.8, 4) is 17.1 Å². The van der Waals surface area contributed by atoms with E-state index in [2.05, 4.69) is 15.3 Å². The number of rotatable bonds is 1. The van der Waals surface area contributed by atoms with E-state index in [1.165, 1.54) is 4.52 Å². The van der Waals surface area contributed by atoms with Gasteiger partial charge < -0.3 is 5.11 Å². The van der Waals surface area contributed by atoms with Crippen molar-refractivity contribution in [3.05, 3.63) is 78.9 Å². The molecular formula is C18H10N4O3S. The standard InChI is InChI=1S/C18H10N4O3S/c23-12-8-4-3-7-11(12)17-19-20-18-22(17)21-13-14(24)9-5-1-2-6-10(9)15(25)16(13)26-18/h1-8,21,23H. The van der Waals surface area contributed by atoms with E-state index in [0.717, 1.165) is 11.3 Å². The van der Waals surface area contributed by atoms with Gasteiger partial charge in [-0.1, -0.05) is 47.7 Å². The number of para-hydroxylation sites is 1. The Morgan fingerprint density at radius 1 is 0.923 bits per heavy atom. The van der Waals surface area contributed by atoms with Gasteiger partial charge in [0.05, 0.1) is 5.56 Å². The maximum atomic E-state index is 12.9. The lowest BCUT2D eigenvalue weighted by Gasteiger charge is -2.03. The van der Waals surface area contributed by atoms with Crippen LogP contribution >= 0.6 is 11.3 Å². The molecule has 7 nitrogen and oxygen atoms in total. The number of benzene rings is 2. The second-order valence-electron chi connectivity index (χ2n) is 5.78. The molecule has 2 aliphatic rings. The van der Waals surface area contributed by atoms with Crippen molar-refractivity contribution in [2.75, 3.05) is 0 Å². The molecule has 5 rings (SSSR count). The molecule has 0 amide bonds. The molecule has 0 saturated carbocycles. The summed E-state index contributed by atoms with van der Waals surface area (Å²) in [5.74, 6) is 0.405. The third-order valence-corrected chi connectivity index (χ3v) is 5.31. The van der Waals surface area contributed by atoms with Crippen molar-refractivity contribution in [2.45, 2.75) is 0 Å². The summed E-state index contributed by atoms with van der Waals surface area (Å²) in [4.78, 5) is 26.0. The van der Waals surface area contributed by atoms with Gasteiger partial charge in [0.15, 0.2) is 5.82 Å². The summed E-state index contributed by atoms with van der Waals surface area (Å²) in [6.45, 7) is 0. The first-order valence-electron chi connectivity index (χ1n) is 7.76. The van der Waals surface area contributed by atoms with E-state index in [0.29, 0.717) is 31.7 Å². The minimum absolute atomic E-state index is 0.0469. The molecule has 126 valence electrons. The fourth-order valence-corrected chi connectivity index (χ4v) is 3.96. The van der Waals surface area contributed by atoms with Crippen LogP contribution < -0.4 is 10.9 Å². The average molecular weight is 362 g/mol. The van der Waals surface area contributed by atoms with Crippen LogP contribution in [0.25, 0.3) is 27.1 Å². The van der Waals surface area contributed by atoms with Gasteiger partial charge in [-0.25, -0.2) is 4.52 Å². The molecule has 2 heterocycles. The molecule has 0 atom stereocenters. The van der Waals surface area contributed by atoms with Crippen molar-refractivity contribution in [1.29, 1.82) is 0 Å². The van der Waals surface area contributed by atoms with Crippen molar-refractivity contribution in [1.82, 2.24) is 19.8 Å². The highest BCUT2D eigenvalue weighted by Gasteiger charge is 2.15. The number of nitrogens with zero attached hydrogens (tertiary/aromatic N) is 3. The molecule has 0 unspecified atom stereocenters. The maximum Gasteiger partial charge on any atom is 0.232 e. The lowest BCUT2D eigenvalue weighted by atomic mass is 10.1. The Bertz CT molecular complexity index is 1500. The van der Waals surface area contributed by atoms with Crippen LogP contribution in [0.2, 0.25) is 0 Å². The van der Waals surface area contributed by atoms with Crippen molar-refractivity contribution >= 4 is 27.1 Å². The van der Waals surface area contributed by atoms with Gasteiger partial charge in [-0.2, -0.15) is 0 Å². The number of hydrogen-bond acceptors (Lipinski definition) is 6. The number of H-pyrrole nitrogens is 1. The monoisotopic (exact) mass is 362 g/mol. The quantitative estimate of drug-likeness (QED) is 0.476. The summed E-state index contributed by atoms with van der Waals surface area (Å²) in [6.07, 6.45) is 0. The first-order chi connectivity index (χ1) is 12.6. The molecule has 0 radical (unpaired) electrons. The summed E-state index contributed by atoms with van der Waals surface area (Å²) >= 11 is 1.09. The van der Waals surface area contributed by atoms with Gasteiger partial charge in [-0.15, -0.1) is 10.2 Å². The van der Waals surface area contributed by atoms with Crippen LogP contribution in [0.1, 0.15) is 0 Å². The molecule has 1 aliphatic heterocycles. The number of aromatic amines is 1. The van der Waals surface area contributed by atoms with E-state index in [1.54, 1.807) is 48.5 Å². The second kappa shape index (κ2) is 5.24. The maximum absolute atomic E-state index is 12.9. The van der Waals surface area contributed by atoms with Crippen LogP contribution in [0.5, 0.6) is 5.75 Å². The molecular weight excluding hydrogens is 352 g/mol. The van der Waals surface area contributed by atoms with Crippen molar-refractivity contribution in [3.63, 3.8) is 0 Å². The van der Waals surface area contributed by atoms with E-state index in [4.69, 9.17) is 0 Å². The van der Waals surface area contributed by atoms with Crippen molar-refractivity contribution in [2.24, 2.45) is 0 Å². The fourth-order valence-electron chi connectivity index (χ4n) is 3.03. The zero-order chi connectivity index (χ0) is 17.8. The van der Waals surface area contributed by atoms with Gasteiger partial charge in [0, 0.05) is 10.8 Å².